The zero-order valence-corrected chi connectivity index (χ0v) is 16.2. The average Bonchev–Trinajstić information content (AvgIpc) is 2.56. The monoisotopic (exact) mass is 396 g/mol. The number of nitro benzene ring substituents is 1. The minimum absolute atomic E-state index is 0.0703. The van der Waals surface area contributed by atoms with Gasteiger partial charge in [0.2, 0.25) is 0 Å². The van der Waals surface area contributed by atoms with Crippen LogP contribution in [0.15, 0.2) is 30.3 Å². The molecule has 0 aliphatic carbocycles. The molecule has 2 rings (SSSR count). The molecule has 0 aliphatic heterocycles. The first-order valence-corrected chi connectivity index (χ1v) is 8.79. The zero-order chi connectivity index (χ0) is 19.4. The van der Waals surface area contributed by atoms with Crippen LogP contribution in [0, 0.1) is 24.0 Å². The number of hydrogen-bond donors (Lipinski definition) is 2. The summed E-state index contributed by atoms with van der Waals surface area (Å²) in [6, 6.07) is 8.21. The Morgan fingerprint density at radius 3 is 2.58 bits per heavy atom. The van der Waals surface area contributed by atoms with Crippen LogP contribution in [0.4, 0.5) is 11.4 Å². The summed E-state index contributed by atoms with van der Waals surface area (Å²) < 4.78 is 0. The van der Waals surface area contributed by atoms with Gasteiger partial charge in [-0.3, -0.25) is 14.9 Å². The van der Waals surface area contributed by atoms with E-state index in [4.69, 9.17) is 23.2 Å². The van der Waals surface area contributed by atoms with Gasteiger partial charge in [-0.25, -0.2) is 0 Å². The number of nitrogens with one attached hydrogen (secondary N) is 1. The van der Waals surface area contributed by atoms with Gasteiger partial charge in [0.05, 0.1) is 9.95 Å². The number of carbonyl (C=O) groups is 1. The third kappa shape index (κ3) is 4.72. The second kappa shape index (κ2) is 8.49. The molecule has 0 fully saturated rings. The number of nitrogens with two attached hydrogens (primary N) is 1. The lowest BCUT2D eigenvalue weighted by Gasteiger charge is -2.14. The molecule has 3 N–H and O–H groups in total. The Morgan fingerprint density at radius 2 is 1.96 bits per heavy atom. The van der Waals surface area contributed by atoms with E-state index in [1.807, 2.05) is 19.9 Å². The maximum Gasteiger partial charge on any atom is 0.293 e. The van der Waals surface area contributed by atoms with Crippen molar-refractivity contribution in [3.63, 3.8) is 0 Å². The first kappa shape index (κ1) is 20.2. The molecule has 2 aromatic carbocycles. The molecule has 8 heteroatoms. The molecule has 1 amide bonds. The Balaban J connectivity index is 2.08. The van der Waals surface area contributed by atoms with Crippen molar-refractivity contribution < 1.29 is 15.0 Å². The highest BCUT2D eigenvalue weighted by Crippen LogP contribution is 2.30. The van der Waals surface area contributed by atoms with E-state index in [1.54, 1.807) is 30.4 Å². The van der Waals surface area contributed by atoms with Crippen LogP contribution in [0.2, 0.25) is 10.0 Å². The predicted molar refractivity (Wildman–Crippen MR) is 103 cm³/mol. The van der Waals surface area contributed by atoms with Crippen LogP contribution < -0.4 is 10.6 Å². The Bertz CT molecular complexity index is 856. The fourth-order valence-electron chi connectivity index (χ4n) is 2.58. The summed E-state index contributed by atoms with van der Waals surface area (Å²) in [6.45, 7) is 5.61. The van der Waals surface area contributed by atoms with Crippen LogP contribution >= 0.6 is 23.2 Å². The third-order valence-electron chi connectivity index (χ3n) is 4.28. The van der Waals surface area contributed by atoms with Crippen molar-refractivity contribution in [3.8, 4) is 0 Å². The van der Waals surface area contributed by atoms with Crippen molar-refractivity contribution in [1.29, 1.82) is 0 Å². The number of amides is 1. The topological polar surface area (TPSA) is 88.9 Å². The summed E-state index contributed by atoms with van der Waals surface area (Å²) in [5.41, 5.74) is 2.54. The minimum atomic E-state index is -0.498. The number of carbonyl (C=O) groups excluding carboxylic acids is 1. The Kier molecular flexibility index (Phi) is 6.58. The molecule has 0 unspecified atom stereocenters. The first-order chi connectivity index (χ1) is 12.2. The van der Waals surface area contributed by atoms with E-state index in [-0.39, 0.29) is 29.9 Å². The normalized spacial score (nSPS) is 11.9. The van der Waals surface area contributed by atoms with Crippen LogP contribution in [0.3, 0.4) is 0 Å². The highest BCUT2D eigenvalue weighted by atomic mass is 35.5. The summed E-state index contributed by atoms with van der Waals surface area (Å²) in [5.74, 6) is -0.321. The molecular formula is C18H20Cl2N3O3+. The highest BCUT2D eigenvalue weighted by molar-refractivity contribution is 6.35. The number of benzene rings is 2. The molecule has 2 aromatic rings. The van der Waals surface area contributed by atoms with Crippen LogP contribution in [-0.2, 0) is 4.79 Å². The van der Waals surface area contributed by atoms with E-state index in [2.05, 4.69) is 5.32 Å². The summed E-state index contributed by atoms with van der Waals surface area (Å²) in [5, 5.41) is 16.8. The summed E-state index contributed by atoms with van der Waals surface area (Å²) >= 11 is 12.1. The molecule has 0 heterocycles. The van der Waals surface area contributed by atoms with Gasteiger partial charge < -0.3 is 10.6 Å². The second-order valence-electron chi connectivity index (χ2n) is 6.10. The van der Waals surface area contributed by atoms with E-state index in [9.17, 15) is 14.9 Å². The van der Waals surface area contributed by atoms with E-state index >= 15 is 0 Å². The van der Waals surface area contributed by atoms with Gasteiger partial charge in [-0.1, -0.05) is 35.3 Å². The van der Waals surface area contributed by atoms with E-state index in [0.29, 0.717) is 15.6 Å². The molecule has 6 nitrogen and oxygen atoms in total. The van der Waals surface area contributed by atoms with Crippen molar-refractivity contribution in [3.05, 3.63) is 67.2 Å². The smallest absolute Gasteiger partial charge is 0.293 e. The third-order valence-corrected chi connectivity index (χ3v) is 4.85. The molecule has 1 atom stereocenters. The Morgan fingerprint density at radius 1 is 1.27 bits per heavy atom. The summed E-state index contributed by atoms with van der Waals surface area (Å²) in [7, 11) is 0. The van der Waals surface area contributed by atoms with E-state index < -0.39 is 4.92 Å². The SMILES string of the molecule is Cc1ccc([N+](=O)[O-])c(NC(=O)C[NH2+][C@@H](C)c2ccc(Cl)cc2Cl)c1C. The summed E-state index contributed by atoms with van der Waals surface area (Å²) in [6.07, 6.45) is 0. The fraction of sp³-hybridized carbons (Fsp3) is 0.278. The van der Waals surface area contributed by atoms with Crippen LogP contribution in [0.25, 0.3) is 0 Å². The quantitative estimate of drug-likeness (QED) is 0.574. The lowest BCUT2D eigenvalue weighted by atomic mass is 10.1. The number of hydrogen-bond acceptors (Lipinski definition) is 3. The molecule has 0 aromatic heterocycles. The largest absolute Gasteiger partial charge is 0.332 e. The molecule has 26 heavy (non-hydrogen) atoms. The van der Waals surface area contributed by atoms with Gasteiger partial charge >= 0.3 is 0 Å². The highest BCUT2D eigenvalue weighted by Gasteiger charge is 2.21. The van der Waals surface area contributed by atoms with Gasteiger partial charge in [-0.15, -0.1) is 0 Å². The van der Waals surface area contributed by atoms with Crippen molar-refractivity contribution in [1.82, 2.24) is 0 Å². The number of nitro groups is 1. The average molecular weight is 397 g/mol. The predicted octanol–water partition coefficient (Wildman–Crippen LogP) is 3.78. The van der Waals surface area contributed by atoms with Crippen molar-refractivity contribution in [2.75, 3.05) is 11.9 Å². The number of anilines is 1. The number of aryl methyl sites for hydroxylation is 1. The molecular weight excluding hydrogens is 377 g/mol. The minimum Gasteiger partial charge on any atom is -0.332 e. The van der Waals surface area contributed by atoms with Crippen LogP contribution in [0.1, 0.15) is 29.7 Å². The van der Waals surface area contributed by atoms with Gasteiger partial charge in [0, 0.05) is 16.7 Å². The van der Waals surface area contributed by atoms with Crippen LogP contribution in [0.5, 0.6) is 0 Å². The molecule has 138 valence electrons. The number of rotatable bonds is 6. The maximum absolute atomic E-state index is 12.3. The van der Waals surface area contributed by atoms with E-state index in [0.717, 1.165) is 11.1 Å². The molecule has 0 bridgehead atoms. The van der Waals surface area contributed by atoms with Crippen molar-refractivity contribution in [2.45, 2.75) is 26.8 Å². The molecule has 0 saturated heterocycles. The fourth-order valence-corrected chi connectivity index (χ4v) is 3.16. The molecule has 0 radical (unpaired) electrons. The van der Waals surface area contributed by atoms with Gasteiger partial charge in [-0.05, 0) is 44.0 Å². The Labute approximate surface area is 161 Å². The Hall–Kier alpha value is -2.15. The maximum atomic E-state index is 12.3. The standard InChI is InChI=1S/C18H19Cl2N3O3/c1-10-4-7-16(23(25)26)18(11(10)2)22-17(24)9-21-12(3)14-6-5-13(19)8-15(14)20/h4-8,12,21H,9H2,1-3H3,(H,22,24)/p+1/t12-/m0/s1. The van der Waals surface area contributed by atoms with Gasteiger partial charge in [0.25, 0.3) is 11.6 Å². The lowest BCUT2D eigenvalue weighted by Crippen LogP contribution is -2.86. The lowest BCUT2D eigenvalue weighted by molar-refractivity contribution is -0.682. The molecule has 0 spiro atoms. The van der Waals surface area contributed by atoms with Gasteiger partial charge in [0.15, 0.2) is 6.54 Å². The first-order valence-electron chi connectivity index (χ1n) is 8.03. The van der Waals surface area contributed by atoms with Gasteiger partial charge in [0.1, 0.15) is 11.7 Å². The second-order valence-corrected chi connectivity index (χ2v) is 6.94. The number of quaternary nitrogens is 1. The van der Waals surface area contributed by atoms with Gasteiger partial charge in [-0.2, -0.15) is 0 Å². The molecule has 0 saturated carbocycles. The van der Waals surface area contributed by atoms with E-state index in [1.165, 1.54) is 6.07 Å². The zero-order valence-electron chi connectivity index (χ0n) is 14.7. The van der Waals surface area contributed by atoms with Crippen LogP contribution in [-0.4, -0.2) is 17.4 Å². The number of halogens is 2. The number of nitrogens with zero attached hydrogens (tertiary/aromatic N) is 1. The molecule has 0 aliphatic rings. The summed E-state index contributed by atoms with van der Waals surface area (Å²) in [4.78, 5) is 23.0. The van der Waals surface area contributed by atoms with Crippen molar-refractivity contribution in [2.24, 2.45) is 0 Å². The van der Waals surface area contributed by atoms with Crippen molar-refractivity contribution >= 4 is 40.5 Å².